The Hall–Kier alpha value is -5.82. The number of amides is 1. The lowest BCUT2D eigenvalue weighted by atomic mass is 9.70. The monoisotopic (exact) mass is 995 g/mol. The van der Waals surface area contributed by atoms with E-state index in [1.54, 1.807) is 26.0 Å². The van der Waals surface area contributed by atoms with Crippen LogP contribution in [0.5, 0.6) is 17.4 Å². The number of halogens is 1. The molecule has 4 aliphatic rings. The number of pyridine rings is 1. The van der Waals surface area contributed by atoms with E-state index >= 15 is 4.39 Å². The number of likely N-dealkylation sites (tertiary alicyclic amines) is 1. The number of hydrogen-bond donors (Lipinski definition) is 4. The van der Waals surface area contributed by atoms with Crippen LogP contribution in [0.1, 0.15) is 119 Å². The first-order valence-corrected chi connectivity index (χ1v) is 26.4. The van der Waals surface area contributed by atoms with E-state index in [9.17, 15) is 28.4 Å². The fraction of sp³-hybridized carbons (Fsp3) is 0.509. The molecular formula is C53H66FN7O9S. The fourth-order valence-electron chi connectivity index (χ4n) is 11.2. The van der Waals surface area contributed by atoms with E-state index in [4.69, 9.17) is 14.2 Å². The van der Waals surface area contributed by atoms with Crippen LogP contribution >= 0.6 is 0 Å². The van der Waals surface area contributed by atoms with Crippen LogP contribution < -0.4 is 24.4 Å². The highest BCUT2D eigenvalue weighted by molar-refractivity contribution is 7.90. The molecule has 18 heteroatoms. The van der Waals surface area contributed by atoms with Crippen molar-refractivity contribution in [3.05, 3.63) is 106 Å². The first-order valence-electron chi connectivity index (χ1n) is 25.0. The molecule has 2 aliphatic heterocycles. The van der Waals surface area contributed by atoms with Crippen molar-refractivity contribution in [1.82, 2.24) is 19.6 Å². The van der Waals surface area contributed by atoms with Gasteiger partial charge in [-0.15, -0.1) is 0 Å². The third kappa shape index (κ3) is 10.9. The number of fused-ring (bicyclic) bond motifs is 1. The molecule has 71 heavy (non-hydrogen) atoms. The predicted octanol–water partition coefficient (Wildman–Crippen LogP) is 9.65. The van der Waals surface area contributed by atoms with E-state index in [1.165, 1.54) is 61.8 Å². The maximum atomic E-state index is 15.1. The van der Waals surface area contributed by atoms with Crippen LogP contribution in [0.15, 0.2) is 77.8 Å². The molecule has 3 aromatic carbocycles. The number of methoxy groups -OCH3 is 1. The second-order valence-electron chi connectivity index (χ2n) is 20.9. The van der Waals surface area contributed by atoms with Gasteiger partial charge in [-0.2, -0.15) is 4.98 Å². The molecule has 1 spiro atoms. The average Bonchev–Trinajstić information content (AvgIpc) is 3.97. The number of sulfonamides is 1. The molecule has 16 nitrogen and oxygen atoms in total. The van der Waals surface area contributed by atoms with Crippen LogP contribution in [-0.2, 0) is 14.8 Å². The number of ether oxygens (including phenoxy) is 3. The van der Waals surface area contributed by atoms with Crippen molar-refractivity contribution >= 4 is 44.0 Å². The van der Waals surface area contributed by atoms with Crippen molar-refractivity contribution in [3.63, 3.8) is 0 Å². The molecular weight excluding hydrogens is 930 g/mol. The Labute approximate surface area is 414 Å². The van der Waals surface area contributed by atoms with Gasteiger partial charge in [-0.3, -0.25) is 19.8 Å². The summed E-state index contributed by atoms with van der Waals surface area (Å²) >= 11 is 0. The summed E-state index contributed by atoms with van der Waals surface area (Å²) in [5.74, 6) is -0.564. The number of carbonyl (C=O) groups is 1. The van der Waals surface area contributed by atoms with Crippen LogP contribution in [0.3, 0.4) is 0 Å². The molecule has 9 rings (SSSR count). The highest BCUT2D eigenvalue weighted by atomic mass is 32.2. The molecule has 0 radical (unpaired) electrons. The summed E-state index contributed by atoms with van der Waals surface area (Å²) < 4.78 is 62.9. The summed E-state index contributed by atoms with van der Waals surface area (Å²) in [5, 5.41) is 25.8. The van der Waals surface area contributed by atoms with E-state index in [-0.39, 0.29) is 63.7 Å². The number of nitrogens with one attached hydrogen (secondary N) is 3. The van der Waals surface area contributed by atoms with E-state index in [0.29, 0.717) is 37.3 Å². The number of nitro groups is 1. The number of anilines is 2. The van der Waals surface area contributed by atoms with Gasteiger partial charge in [0.05, 0.1) is 32.5 Å². The lowest BCUT2D eigenvalue weighted by Gasteiger charge is -2.57. The molecule has 3 atom stereocenters. The van der Waals surface area contributed by atoms with E-state index in [0.717, 1.165) is 69.8 Å². The van der Waals surface area contributed by atoms with Gasteiger partial charge in [0.2, 0.25) is 0 Å². The highest BCUT2D eigenvalue weighted by Crippen LogP contribution is 2.49. The molecule has 4 fully saturated rings. The van der Waals surface area contributed by atoms with Crippen LogP contribution in [-0.4, -0.2) is 103 Å². The van der Waals surface area contributed by atoms with Gasteiger partial charge >= 0.3 is 0 Å². The molecule has 1 amide bonds. The van der Waals surface area contributed by atoms with Crippen LogP contribution in [0.4, 0.5) is 21.5 Å². The number of H-pyrrole nitrogens is 1. The molecule has 4 N–H and O–H groups in total. The molecule has 380 valence electrons. The first-order chi connectivity index (χ1) is 33.9. The van der Waals surface area contributed by atoms with Crippen molar-refractivity contribution in [2.75, 3.05) is 56.7 Å². The zero-order valence-corrected chi connectivity index (χ0v) is 42.0. The molecule has 2 saturated heterocycles. The Kier molecular flexibility index (Phi) is 14.4. The molecule has 5 aromatic rings. The van der Waals surface area contributed by atoms with E-state index in [1.807, 2.05) is 0 Å². The van der Waals surface area contributed by atoms with Crippen molar-refractivity contribution in [3.8, 4) is 17.4 Å². The lowest BCUT2D eigenvalue weighted by molar-refractivity contribution is -0.384. The largest absolute Gasteiger partial charge is 0.472 e. The van der Waals surface area contributed by atoms with Crippen LogP contribution in [0, 0.1) is 27.3 Å². The highest BCUT2D eigenvalue weighted by Gasteiger charge is 2.49. The summed E-state index contributed by atoms with van der Waals surface area (Å²) in [6.07, 6.45) is 9.09. The van der Waals surface area contributed by atoms with Gasteiger partial charge in [-0.1, -0.05) is 44.5 Å². The summed E-state index contributed by atoms with van der Waals surface area (Å²) in [5.41, 5.74) is 2.84. The van der Waals surface area contributed by atoms with Crippen molar-refractivity contribution in [2.45, 2.75) is 120 Å². The van der Waals surface area contributed by atoms with Gasteiger partial charge < -0.3 is 34.5 Å². The number of aromatic amines is 1. The number of hydrogen-bond acceptors (Lipinski definition) is 13. The van der Waals surface area contributed by atoms with E-state index in [2.05, 4.69) is 67.9 Å². The summed E-state index contributed by atoms with van der Waals surface area (Å²) in [6.45, 7) is 12.2. The number of aliphatic hydroxyl groups is 1. The lowest BCUT2D eigenvalue weighted by Crippen LogP contribution is -2.63. The van der Waals surface area contributed by atoms with Crippen molar-refractivity contribution < 1.29 is 41.8 Å². The maximum Gasteiger partial charge on any atom is 0.293 e. The zero-order chi connectivity index (χ0) is 50.2. The number of piperidine rings is 1. The number of nitro benzene ring substituents is 1. The SMILES string of the molecule is CO[C@@H](C)COc1nc2[nH]cc(F)c2cc1Oc1cc(N2CCC3(CC2)CN([C@H]2CCC[C@H]2c2ccccc2C(C)C)C3)ccc1C(=O)NS(=O)(=O)c1ccc(NC[C@H]2CC[C@](C)(O)CC2)c([N+](=O)[O-])c1. The molecule has 2 aromatic heterocycles. The van der Waals surface area contributed by atoms with Crippen LogP contribution in [0.2, 0.25) is 0 Å². The molecule has 2 aliphatic carbocycles. The minimum atomic E-state index is -4.69. The smallest absolute Gasteiger partial charge is 0.293 e. The topological polar surface area (TPSA) is 201 Å². The average molecular weight is 996 g/mol. The minimum absolute atomic E-state index is 0.0179. The van der Waals surface area contributed by atoms with Gasteiger partial charge in [0.25, 0.3) is 27.5 Å². The molecule has 0 bridgehead atoms. The standard InChI is InChI=1S/C53H66FN7O9S/c1-33(2)38-9-6-7-10-39(38)40-11-8-12-45(40)60-31-53(32-60)21-23-59(24-22-53)36-13-15-41(47(25-36)70-48-27-42-43(54)29-56-49(42)57-51(48)69-30-34(3)68-5)50(62)58-71(66,67)37-14-16-44(46(26-37)61(64)65)55-28-35-17-19-52(4,63)20-18-35/h6-7,9-10,13-16,25-27,29,33-35,40,45,55,63H,8,11-12,17-24,28,30-32H2,1-5H3,(H,56,57)(H,58,62)/t34-,35-,40-,45-,52-/m0/s1. The number of benzene rings is 3. The summed E-state index contributed by atoms with van der Waals surface area (Å²) in [4.78, 5) is 37.6. The third-order valence-corrected chi connectivity index (χ3v) is 16.9. The predicted molar refractivity (Wildman–Crippen MR) is 270 cm³/mol. The van der Waals surface area contributed by atoms with Crippen molar-refractivity contribution in [1.29, 1.82) is 0 Å². The van der Waals surface area contributed by atoms with Gasteiger partial charge in [-0.25, -0.2) is 17.5 Å². The number of nitrogens with zero attached hydrogens (tertiary/aromatic N) is 4. The van der Waals surface area contributed by atoms with E-state index < -0.39 is 42.9 Å². The molecule has 0 unspecified atom stereocenters. The second-order valence-corrected chi connectivity index (χ2v) is 22.6. The Balaban J connectivity index is 0.951. The Morgan fingerprint density at radius 1 is 1.00 bits per heavy atom. The fourth-order valence-corrected chi connectivity index (χ4v) is 12.2. The number of rotatable bonds is 17. The Morgan fingerprint density at radius 3 is 2.46 bits per heavy atom. The third-order valence-electron chi connectivity index (χ3n) is 15.5. The van der Waals surface area contributed by atoms with Gasteiger partial charge in [0.15, 0.2) is 5.75 Å². The molecule has 2 saturated carbocycles. The molecule has 4 heterocycles. The minimum Gasteiger partial charge on any atom is -0.472 e. The van der Waals surface area contributed by atoms with Gasteiger partial charge in [0.1, 0.15) is 29.5 Å². The van der Waals surface area contributed by atoms with Gasteiger partial charge in [-0.05, 0) is 124 Å². The Morgan fingerprint density at radius 2 is 1.75 bits per heavy atom. The zero-order valence-electron chi connectivity index (χ0n) is 41.2. The quantitative estimate of drug-likeness (QED) is 0.0507. The first kappa shape index (κ1) is 50.1. The van der Waals surface area contributed by atoms with Crippen molar-refractivity contribution in [2.24, 2.45) is 11.3 Å². The summed E-state index contributed by atoms with van der Waals surface area (Å²) in [7, 11) is -3.15. The van der Waals surface area contributed by atoms with Crippen LogP contribution in [0.25, 0.3) is 11.0 Å². The maximum absolute atomic E-state index is 15.1. The Bertz CT molecular complexity index is 2870. The van der Waals surface area contributed by atoms with Gasteiger partial charge in [0, 0.05) is 76.0 Å². The number of carbonyl (C=O) groups excluding carboxylic acids is 1. The second kappa shape index (κ2) is 20.4. The normalized spacial score (nSPS) is 22.9. The summed E-state index contributed by atoms with van der Waals surface area (Å²) in [6, 6.07) is 19.2. The number of aromatic nitrogens is 2.